The largest absolute Gasteiger partial charge is 0.358 e. The Labute approximate surface area is 84.0 Å². The molecule has 0 aliphatic rings. The molecular formula is C10H17N3O. The minimum Gasteiger partial charge on any atom is -0.358 e. The number of anilines is 1. The van der Waals surface area contributed by atoms with Crippen LogP contribution in [-0.2, 0) is 6.42 Å². The predicted molar refractivity (Wildman–Crippen MR) is 57.8 cm³/mol. The summed E-state index contributed by atoms with van der Waals surface area (Å²) < 4.78 is 0. The molecule has 0 unspecified atom stereocenters. The molecule has 1 aromatic rings. The van der Waals surface area contributed by atoms with Crippen molar-refractivity contribution in [3.05, 3.63) is 22.2 Å². The van der Waals surface area contributed by atoms with Crippen molar-refractivity contribution in [1.29, 1.82) is 0 Å². The second kappa shape index (κ2) is 4.79. The second-order valence-electron chi connectivity index (χ2n) is 3.09. The summed E-state index contributed by atoms with van der Waals surface area (Å²) in [5.41, 5.74) is 0.817. The molecule has 0 amide bonds. The number of nitrogens with one attached hydrogen (secondary N) is 1. The van der Waals surface area contributed by atoms with Gasteiger partial charge in [0, 0.05) is 24.8 Å². The molecule has 0 aliphatic carbocycles. The van der Waals surface area contributed by atoms with Crippen LogP contribution in [0.4, 0.5) is 5.82 Å². The molecule has 1 rings (SSSR count). The summed E-state index contributed by atoms with van der Waals surface area (Å²) in [7, 11) is 0. The van der Waals surface area contributed by atoms with E-state index in [0.29, 0.717) is 0 Å². The number of rotatable bonds is 4. The summed E-state index contributed by atoms with van der Waals surface area (Å²) in [4.78, 5) is 19.7. The molecule has 0 fully saturated rings. The number of aryl methyl sites for hydroxylation is 1. The molecule has 0 saturated heterocycles. The van der Waals surface area contributed by atoms with E-state index in [1.807, 2.05) is 0 Å². The standard InChI is InChI=1S/C10H17N3O/c1-4-8-7-11-10(14)12-9(8)13(5-2)6-3/h7H,4-6H2,1-3H3,(H,11,12,14). The van der Waals surface area contributed by atoms with Crippen LogP contribution in [0.2, 0.25) is 0 Å². The molecule has 1 N–H and O–H groups in total. The molecule has 0 spiro atoms. The Bertz CT molecular complexity index is 341. The third kappa shape index (κ3) is 2.13. The zero-order valence-electron chi connectivity index (χ0n) is 9.00. The van der Waals surface area contributed by atoms with E-state index in [9.17, 15) is 4.79 Å². The SMILES string of the molecule is CCc1cnc(=O)[nH]c1N(CC)CC. The van der Waals surface area contributed by atoms with E-state index < -0.39 is 0 Å². The average Bonchev–Trinajstić information content (AvgIpc) is 2.20. The number of hydrogen-bond acceptors (Lipinski definition) is 3. The van der Waals surface area contributed by atoms with Crippen molar-refractivity contribution in [1.82, 2.24) is 9.97 Å². The van der Waals surface area contributed by atoms with Gasteiger partial charge in [-0.3, -0.25) is 4.98 Å². The normalized spacial score (nSPS) is 10.2. The highest BCUT2D eigenvalue weighted by atomic mass is 16.1. The highest BCUT2D eigenvalue weighted by Crippen LogP contribution is 2.14. The van der Waals surface area contributed by atoms with Crippen molar-refractivity contribution in [3.63, 3.8) is 0 Å². The maximum absolute atomic E-state index is 11.1. The van der Waals surface area contributed by atoms with E-state index in [1.165, 1.54) is 0 Å². The van der Waals surface area contributed by atoms with Crippen molar-refractivity contribution in [2.45, 2.75) is 27.2 Å². The van der Waals surface area contributed by atoms with Gasteiger partial charge in [0.15, 0.2) is 0 Å². The van der Waals surface area contributed by atoms with Gasteiger partial charge in [-0.15, -0.1) is 0 Å². The van der Waals surface area contributed by atoms with Crippen LogP contribution in [0.3, 0.4) is 0 Å². The van der Waals surface area contributed by atoms with Crippen molar-refractivity contribution in [2.75, 3.05) is 18.0 Å². The predicted octanol–water partition coefficient (Wildman–Crippen LogP) is 1.18. The molecular weight excluding hydrogens is 178 g/mol. The summed E-state index contributed by atoms with van der Waals surface area (Å²) in [5.74, 6) is 0.914. The maximum Gasteiger partial charge on any atom is 0.346 e. The van der Waals surface area contributed by atoms with Crippen molar-refractivity contribution >= 4 is 5.82 Å². The number of H-pyrrole nitrogens is 1. The van der Waals surface area contributed by atoms with Gasteiger partial charge in [-0.2, -0.15) is 0 Å². The van der Waals surface area contributed by atoms with Gasteiger partial charge in [-0.25, -0.2) is 9.78 Å². The van der Waals surface area contributed by atoms with Crippen LogP contribution < -0.4 is 10.6 Å². The van der Waals surface area contributed by atoms with Crippen LogP contribution in [0.5, 0.6) is 0 Å². The van der Waals surface area contributed by atoms with Crippen LogP contribution in [0.1, 0.15) is 26.3 Å². The summed E-state index contributed by atoms with van der Waals surface area (Å²) in [5, 5.41) is 0. The van der Waals surface area contributed by atoms with Gasteiger partial charge in [0.1, 0.15) is 5.82 Å². The first-order valence-corrected chi connectivity index (χ1v) is 5.06. The van der Waals surface area contributed by atoms with Crippen LogP contribution >= 0.6 is 0 Å². The van der Waals surface area contributed by atoms with Gasteiger partial charge in [-0.05, 0) is 20.3 Å². The summed E-state index contributed by atoms with van der Waals surface area (Å²) in [6.45, 7) is 7.98. The molecule has 4 heteroatoms. The topological polar surface area (TPSA) is 49.0 Å². The minimum atomic E-state index is -0.274. The lowest BCUT2D eigenvalue weighted by molar-refractivity contribution is 0.819. The Balaban J connectivity index is 3.15. The lowest BCUT2D eigenvalue weighted by Gasteiger charge is -2.22. The number of nitrogens with zero attached hydrogens (tertiary/aromatic N) is 2. The zero-order valence-corrected chi connectivity index (χ0v) is 9.00. The van der Waals surface area contributed by atoms with Crippen LogP contribution in [0, 0.1) is 0 Å². The first-order chi connectivity index (χ1) is 6.72. The lowest BCUT2D eigenvalue weighted by atomic mass is 10.2. The van der Waals surface area contributed by atoms with Crippen LogP contribution in [-0.4, -0.2) is 23.1 Å². The Kier molecular flexibility index (Phi) is 3.68. The number of aromatic amines is 1. The van der Waals surface area contributed by atoms with E-state index >= 15 is 0 Å². The molecule has 0 aromatic carbocycles. The van der Waals surface area contributed by atoms with Crippen molar-refractivity contribution in [3.8, 4) is 0 Å². The van der Waals surface area contributed by atoms with Crippen molar-refractivity contribution < 1.29 is 0 Å². The quantitative estimate of drug-likeness (QED) is 0.784. The van der Waals surface area contributed by atoms with E-state index in [1.54, 1.807) is 6.20 Å². The van der Waals surface area contributed by atoms with Gasteiger partial charge in [-0.1, -0.05) is 6.92 Å². The van der Waals surface area contributed by atoms with E-state index in [4.69, 9.17) is 0 Å². The Hall–Kier alpha value is -1.32. The molecule has 0 aliphatic heterocycles. The number of hydrogen-bond donors (Lipinski definition) is 1. The summed E-state index contributed by atoms with van der Waals surface area (Å²) in [6.07, 6.45) is 2.54. The van der Waals surface area contributed by atoms with Crippen molar-refractivity contribution in [2.24, 2.45) is 0 Å². The first-order valence-electron chi connectivity index (χ1n) is 5.06. The minimum absolute atomic E-state index is 0.274. The van der Waals surface area contributed by atoms with Gasteiger partial charge in [0.2, 0.25) is 0 Å². The van der Waals surface area contributed by atoms with Gasteiger partial charge in [0.05, 0.1) is 0 Å². The molecule has 1 heterocycles. The Morgan fingerprint density at radius 3 is 2.50 bits per heavy atom. The highest BCUT2D eigenvalue weighted by molar-refractivity contribution is 5.44. The Morgan fingerprint density at radius 2 is 2.00 bits per heavy atom. The van der Waals surface area contributed by atoms with Crippen LogP contribution in [0.25, 0.3) is 0 Å². The molecule has 0 bridgehead atoms. The Morgan fingerprint density at radius 1 is 1.36 bits per heavy atom. The van der Waals surface area contributed by atoms with E-state index in [0.717, 1.165) is 30.9 Å². The molecule has 0 atom stereocenters. The monoisotopic (exact) mass is 195 g/mol. The third-order valence-corrected chi connectivity index (χ3v) is 2.33. The molecule has 0 radical (unpaired) electrons. The van der Waals surface area contributed by atoms with Crippen LogP contribution in [0.15, 0.2) is 11.0 Å². The summed E-state index contributed by atoms with van der Waals surface area (Å²) >= 11 is 0. The van der Waals surface area contributed by atoms with E-state index in [2.05, 4.69) is 35.6 Å². The zero-order chi connectivity index (χ0) is 10.6. The third-order valence-electron chi connectivity index (χ3n) is 2.33. The highest BCUT2D eigenvalue weighted by Gasteiger charge is 2.08. The van der Waals surface area contributed by atoms with Gasteiger partial charge in [0.25, 0.3) is 0 Å². The fourth-order valence-corrected chi connectivity index (χ4v) is 1.49. The smallest absolute Gasteiger partial charge is 0.346 e. The molecule has 14 heavy (non-hydrogen) atoms. The first kappa shape index (κ1) is 10.8. The average molecular weight is 195 g/mol. The lowest BCUT2D eigenvalue weighted by Crippen LogP contribution is -2.27. The molecule has 0 saturated carbocycles. The molecule has 1 aromatic heterocycles. The number of aromatic nitrogens is 2. The fraction of sp³-hybridized carbons (Fsp3) is 0.600. The molecule has 4 nitrogen and oxygen atoms in total. The van der Waals surface area contributed by atoms with E-state index in [-0.39, 0.29) is 5.69 Å². The van der Waals surface area contributed by atoms with Gasteiger partial charge >= 0.3 is 5.69 Å². The fourth-order valence-electron chi connectivity index (χ4n) is 1.49. The van der Waals surface area contributed by atoms with Gasteiger partial charge < -0.3 is 4.90 Å². The second-order valence-corrected chi connectivity index (χ2v) is 3.09. The maximum atomic E-state index is 11.1. The summed E-state index contributed by atoms with van der Waals surface area (Å²) in [6, 6.07) is 0. The molecule has 78 valence electrons.